The first-order valence-corrected chi connectivity index (χ1v) is 13.8. The molecule has 0 spiro atoms. The molecule has 1 heterocycles. The van der Waals surface area contributed by atoms with Gasteiger partial charge < -0.3 is 9.64 Å². The van der Waals surface area contributed by atoms with E-state index in [0.717, 1.165) is 55.5 Å². The van der Waals surface area contributed by atoms with Crippen LogP contribution in [0.4, 0.5) is 0 Å². The van der Waals surface area contributed by atoms with Crippen molar-refractivity contribution >= 4 is 5.91 Å². The monoisotopic (exact) mass is 429 g/mol. The minimum absolute atomic E-state index is 0.420. The largest absolute Gasteiger partial charge is 0.381 e. The molecule has 4 saturated carbocycles. The molecule has 5 aliphatic rings. The number of amides is 1. The lowest BCUT2D eigenvalue weighted by Crippen LogP contribution is -2.58. The molecule has 176 valence electrons. The van der Waals surface area contributed by atoms with Crippen molar-refractivity contribution in [3.63, 3.8) is 0 Å². The van der Waals surface area contributed by atoms with Crippen molar-refractivity contribution in [1.82, 2.24) is 4.90 Å². The molecule has 0 aromatic heterocycles. The van der Waals surface area contributed by atoms with Crippen LogP contribution in [-0.4, -0.2) is 37.1 Å². The lowest BCUT2D eigenvalue weighted by molar-refractivity contribution is -0.171. The summed E-state index contributed by atoms with van der Waals surface area (Å²) in [5.74, 6) is 4.63. The van der Waals surface area contributed by atoms with Gasteiger partial charge >= 0.3 is 0 Å². The van der Waals surface area contributed by atoms with Gasteiger partial charge in [0.1, 0.15) is 0 Å². The Bertz CT molecular complexity index is 657. The Hall–Kier alpha value is -0.570. The van der Waals surface area contributed by atoms with Gasteiger partial charge in [-0.2, -0.15) is 0 Å². The summed E-state index contributed by atoms with van der Waals surface area (Å²) in [6.45, 7) is 7.31. The van der Waals surface area contributed by atoms with Gasteiger partial charge in [0.25, 0.3) is 0 Å². The zero-order chi connectivity index (χ0) is 21.6. The minimum atomic E-state index is 0.420. The van der Waals surface area contributed by atoms with Gasteiger partial charge in [-0.05, 0) is 111 Å². The van der Waals surface area contributed by atoms with Crippen LogP contribution in [0.25, 0.3) is 0 Å². The number of methoxy groups -OCH3 is 1. The highest BCUT2D eigenvalue weighted by Crippen LogP contribution is 2.68. The second-order valence-corrected chi connectivity index (χ2v) is 12.5. The Labute approximate surface area is 191 Å². The highest BCUT2D eigenvalue weighted by atomic mass is 16.5. The summed E-state index contributed by atoms with van der Waals surface area (Å²) < 4.78 is 6.26. The molecule has 5 fully saturated rings. The van der Waals surface area contributed by atoms with Crippen molar-refractivity contribution < 1.29 is 9.53 Å². The van der Waals surface area contributed by atoms with Crippen LogP contribution >= 0.6 is 0 Å². The third kappa shape index (κ3) is 3.69. The molecule has 1 aliphatic heterocycles. The van der Waals surface area contributed by atoms with Gasteiger partial charge in [0.15, 0.2) is 0 Å². The van der Waals surface area contributed by atoms with Crippen LogP contribution < -0.4 is 0 Å². The summed E-state index contributed by atoms with van der Waals surface area (Å²) in [6, 6.07) is 0. The number of likely N-dealkylation sites (tertiary alicyclic amines) is 1. The van der Waals surface area contributed by atoms with Crippen LogP contribution in [0.15, 0.2) is 0 Å². The molecule has 0 bridgehead atoms. The van der Waals surface area contributed by atoms with Crippen LogP contribution in [-0.2, 0) is 9.53 Å². The Kier molecular flexibility index (Phi) is 6.21. The molecule has 1 amide bonds. The fraction of sp³-hybridized carbons (Fsp3) is 0.964. The molecule has 0 aromatic rings. The van der Waals surface area contributed by atoms with E-state index in [0.29, 0.717) is 22.8 Å². The van der Waals surface area contributed by atoms with Crippen molar-refractivity contribution in [3.05, 3.63) is 0 Å². The highest BCUT2D eigenvalue weighted by molar-refractivity contribution is 5.76. The first-order chi connectivity index (χ1) is 15.0. The Balaban J connectivity index is 1.27. The average molecular weight is 430 g/mol. The predicted octanol–water partition coefficient (Wildman–Crippen LogP) is 6.45. The molecule has 5 rings (SSSR count). The molecule has 0 radical (unpaired) electrons. The zero-order valence-electron chi connectivity index (χ0n) is 20.5. The summed E-state index contributed by atoms with van der Waals surface area (Å²) in [5, 5.41) is 0. The highest BCUT2D eigenvalue weighted by Gasteiger charge is 2.62. The maximum absolute atomic E-state index is 12.5. The summed E-state index contributed by atoms with van der Waals surface area (Å²) in [6.07, 6.45) is 18.8. The van der Waals surface area contributed by atoms with Crippen LogP contribution in [0.2, 0.25) is 0 Å². The number of fused-ring (bicyclic) bond motifs is 5. The van der Waals surface area contributed by atoms with E-state index < -0.39 is 0 Å². The summed E-state index contributed by atoms with van der Waals surface area (Å²) in [7, 11) is 2.00. The van der Waals surface area contributed by atoms with E-state index in [1.807, 2.05) is 7.11 Å². The second kappa shape index (κ2) is 8.65. The first kappa shape index (κ1) is 22.2. The molecule has 4 aliphatic carbocycles. The van der Waals surface area contributed by atoms with E-state index in [4.69, 9.17) is 4.74 Å². The van der Waals surface area contributed by atoms with Gasteiger partial charge in [-0.25, -0.2) is 0 Å². The zero-order valence-corrected chi connectivity index (χ0v) is 20.5. The molecule has 8 atom stereocenters. The third-order valence-corrected chi connectivity index (χ3v) is 11.5. The minimum Gasteiger partial charge on any atom is -0.381 e. The topological polar surface area (TPSA) is 29.5 Å². The Morgan fingerprint density at radius 3 is 2.48 bits per heavy atom. The van der Waals surface area contributed by atoms with Crippen molar-refractivity contribution in [2.45, 2.75) is 110 Å². The summed E-state index contributed by atoms with van der Waals surface area (Å²) in [5.41, 5.74) is 1.05. The Morgan fingerprint density at radius 2 is 1.71 bits per heavy atom. The molecular formula is C28H47NO2. The molecule has 0 aromatic carbocycles. The third-order valence-electron chi connectivity index (χ3n) is 11.5. The van der Waals surface area contributed by atoms with E-state index in [2.05, 4.69) is 18.7 Å². The van der Waals surface area contributed by atoms with Gasteiger partial charge in [0.2, 0.25) is 5.91 Å². The normalized spacial score (nSPS) is 47.0. The van der Waals surface area contributed by atoms with E-state index >= 15 is 0 Å². The standard InChI is InChI=1S/C28H47NO2/c1-27-15-5-4-9-21(27)19-24(31-3)26-22-13-12-20(28(22,2)16-14-23(26)27)10-8-11-25(30)29-17-6-7-18-29/h20-24,26H,4-19H2,1-3H3. The summed E-state index contributed by atoms with van der Waals surface area (Å²) in [4.78, 5) is 14.6. The maximum Gasteiger partial charge on any atom is 0.222 e. The van der Waals surface area contributed by atoms with Crippen LogP contribution in [0.1, 0.15) is 104 Å². The molecule has 8 unspecified atom stereocenters. The van der Waals surface area contributed by atoms with E-state index in [9.17, 15) is 4.79 Å². The van der Waals surface area contributed by atoms with Crippen LogP contribution in [0.3, 0.4) is 0 Å². The molecular weight excluding hydrogens is 382 g/mol. The van der Waals surface area contributed by atoms with Crippen molar-refractivity contribution in [2.24, 2.45) is 40.4 Å². The van der Waals surface area contributed by atoms with Gasteiger partial charge in [0.05, 0.1) is 6.10 Å². The molecule has 3 heteroatoms. The number of carbonyl (C=O) groups is 1. The average Bonchev–Trinajstić information content (AvgIpc) is 3.41. The fourth-order valence-corrected chi connectivity index (χ4v) is 9.69. The number of nitrogens with zero attached hydrogens (tertiary/aromatic N) is 1. The number of hydrogen-bond acceptors (Lipinski definition) is 2. The first-order valence-electron chi connectivity index (χ1n) is 13.8. The molecule has 3 nitrogen and oxygen atoms in total. The lowest BCUT2D eigenvalue weighted by atomic mass is 9.44. The summed E-state index contributed by atoms with van der Waals surface area (Å²) >= 11 is 0. The second-order valence-electron chi connectivity index (χ2n) is 12.5. The smallest absolute Gasteiger partial charge is 0.222 e. The SMILES string of the molecule is COC1CC2CCCCC2(C)C2CCC3(C)C(CCCC(=O)N4CCCC4)CCC3C12. The van der Waals surface area contributed by atoms with Gasteiger partial charge in [-0.15, -0.1) is 0 Å². The van der Waals surface area contributed by atoms with E-state index in [1.165, 1.54) is 77.0 Å². The van der Waals surface area contributed by atoms with Crippen molar-refractivity contribution in [3.8, 4) is 0 Å². The van der Waals surface area contributed by atoms with E-state index in [1.54, 1.807) is 0 Å². The number of hydrogen-bond donors (Lipinski definition) is 0. The predicted molar refractivity (Wildman–Crippen MR) is 126 cm³/mol. The van der Waals surface area contributed by atoms with Gasteiger partial charge in [-0.1, -0.05) is 26.7 Å². The number of rotatable bonds is 5. The van der Waals surface area contributed by atoms with E-state index in [-0.39, 0.29) is 0 Å². The van der Waals surface area contributed by atoms with Crippen LogP contribution in [0, 0.1) is 40.4 Å². The van der Waals surface area contributed by atoms with Crippen molar-refractivity contribution in [2.75, 3.05) is 20.2 Å². The lowest BCUT2D eigenvalue weighted by Gasteiger charge is -2.62. The van der Waals surface area contributed by atoms with Gasteiger partial charge in [-0.3, -0.25) is 4.79 Å². The fourth-order valence-electron chi connectivity index (χ4n) is 9.69. The maximum atomic E-state index is 12.5. The molecule has 31 heavy (non-hydrogen) atoms. The number of ether oxygens (including phenoxy) is 1. The quantitative estimate of drug-likeness (QED) is 0.502. The van der Waals surface area contributed by atoms with Gasteiger partial charge in [0, 0.05) is 26.6 Å². The van der Waals surface area contributed by atoms with Crippen molar-refractivity contribution in [1.29, 1.82) is 0 Å². The molecule has 0 N–H and O–H groups in total. The number of carbonyl (C=O) groups excluding carboxylic acids is 1. The molecule has 1 saturated heterocycles. The van der Waals surface area contributed by atoms with Crippen LogP contribution in [0.5, 0.6) is 0 Å². The Morgan fingerprint density at radius 1 is 0.935 bits per heavy atom.